The largest absolute Gasteiger partial charge is 0.454 e. The van der Waals surface area contributed by atoms with Gasteiger partial charge in [0.05, 0.1) is 10.8 Å². The topological polar surface area (TPSA) is 88.4 Å². The Morgan fingerprint density at radius 2 is 1.75 bits per heavy atom. The van der Waals surface area contributed by atoms with E-state index in [0.29, 0.717) is 43.5 Å². The molecule has 4 aliphatic rings. The molecule has 0 radical (unpaired) electrons. The van der Waals surface area contributed by atoms with Gasteiger partial charge in [-0.3, -0.25) is 14.9 Å². The number of amides is 1. The Morgan fingerprint density at radius 1 is 1.00 bits per heavy atom. The van der Waals surface area contributed by atoms with Gasteiger partial charge in [0.15, 0.2) is 11.5 Å². The molecule has 3 fully saturated rings. The zero-order valence-corrected chi connectivity index (χ0v) is 23.4. The van der Waals surface area contributed by atoms with Crippen molar-refractivity contribution in [2.45, 2.75) is 39.0 Å². The number of nitro groups is 1. The first-order valence-electron chi connectivity index (χ1n) is 14.8. The van der Waals surface area contributed by atoms with Crippen LogP contribution in [0.4, 0.5) is 11.4 Å². The van der Waals surface area contributed by atoms with Gasteiger partial charge in [-0.25, -0.2) is 0 Å². The van der Waals surface area contributed by atoms with E-state index in [-0.39, 0.29) is 16.5 Å². The SMILES string of the molecule is CC(Cc1ccc2c(c1)OCO2)CN1C[C@H]2CCCC[C@H]2[C@H](C(=O)N2CCN(c3ccc([N+](=O)[O-])cc3)CC2)C1. The fourth-order valence-electron chi connectivity index (χ4n) is 7.40. The van der Waals surface area contributed by atoms with Crippen LogP contribution in [0.3, 0.4) is 0 Å². The highest BCUT2D eigenvalue weighted by molar-refractivity contribution is 5.80. The number of piperazine rings is 1. The van der Waals surface area contributed by atoms with Gasteiger partial charge >= 0.3 is 0 Å². The van der Waals surface area contributed by atoms with E-state index < -0.39 is 0 Å². The summed E-state index contributed by atoms with van der Waals surface area (Å²) >= 11 is 0. The zero-order chi connectivity index (χ0) is 27.6. The molecule has 0 spiro atoms. The molecule has 9 nitrogen and oxygen atoms in total. The van der Waals surface area contributed by atoms with Gasteiger partial charge in [0.1, 0.15) is 0 Å². The number of non-ortho nitro benzene ring substituents is 1. The summed E-state index contributed by atoms with van der Waals surface area (Å²) in [6.45, 7) is 8.46. The van der Waals surface area contributed by atoms with Crippen LogP contribution in [0.25, 0.3) is 0 Å². The van der Waals surface area contributed by atoms with E-state index in [2.05, 4.69) is 33.8 Å². The minimum absolute atomic E-state index is 0.0720. The fourth-order valence-corrected chi connectivity index (χ4v) is 7.40. The first kappa shape index (κ1) is 26.9. The lowest BCUT2D eigenvalue weighted by molar-refractivity contribution is -0.384. The highest BCUT2D eigenvalue weighted by Gasteiger charge is 2.43. The van der Waals surface area contributed by atoms with Gasteiger partial charge in [-0.2, -0.15) is 0 Å². The average Bonchev–Trinajstić information content (AvgIpc) is 3.44. The molecule has 3 aliphatic heterocycles. The first-order chi connectivity index (χ1) is 19.4. The van der Waals surface area contributed by atoms with Crippen molar-refractivity contribution in [2.75, 3.05) is 57.5 Å². The number of anilines is 1. The summed E-state index contributed by atoms with van der Waals surface area (Å²) < 4.78 is 11.0. The Labute approximate surface area is 236 Å². The number of nitrogens with zero attached hydrogens (tertiary/aromatic N) is 4. The van der Waals surface area contributed by atoms with E-state index in [4.69, 9.17) is 9.47 Å². The second-order valence-corrected chi connectivity index (χ2v) is 12.1. The van der Waals surface area contributed by atoms with Crippen molar-refractivity contribution in [2.24, 2.45) is 23.7 Å². The maximum Gasteiger partial charge on any atom is 0.269 e. The van der Waals surface area contributed by atoms with Crippen LogP contribution in [0.5, 0.6) is 11.5 Å². The lowest BCUT2D eigenvalue weighted by Gasteiger charge is -2.48. The number of fused-ring (bicyclic) bond motifs is 2. The van der Waals surface area contributed by atoms with Crippen LogP contribution in [0.2, 0.25) is 0 Å². The molecule has 9 heteroatoms. The highest BCUT2D eigenvalue weighted by Crippen LogP contribution is 2.41. The fraction of sp³-hybridized carbons (Fsp3) is 0.581. The summed E-state index contributed by atoms with van der Waals surface area (Å²) in [4.78, 5) is 31.5. The van der Waals surface area contributed by atoms with Crippen LogP contribution in [-0.4, -0.2) is 73.2 Å². The summed E-state index contributed by atoms with van der Waals surface area (Å²) in [5.41, 5.74) is 2.35. The molecule has 0 bridgehead atoms. The van der Waals surface area contributed by atoms with Crippen molar-refractivity contribution in [1.82, 2.24) is 9.80 Å². The Bertz CT molecular complexity index is 1210. The summed E-state index contributed by atoms with van der Waals surface area (Å²) in [6, 6.07) is 13.0. The summed E-state index contributed by atoms with van der Waals surface area (Å²) in [6.07, 6.45) is 5.89. The molecule has 1 amide bonds. The molecular weight excluding hydrogens is 508 g/mol. The molecule has 4 atom stereocenters. The molecule has 214 valence electrons. The number of hydrogen-bond acceptors (Lipinski definition) is 7. The number of hydrogen-bond donors (Lipinski definition) is 0. The van der Waals surface area contributed by atoms with E-state index in [0.717, 1.165) is 56.3 Å². The zero-order valence-electron chi connectivity index (χ0n) is 23.4. The second-order valence-electron chi connectivity index (χ2n) is 12.1. The van der Waals surface area contributed by atoms with Gasteiger partial charge in [-0.15, -0.1) is 0 Å². The molecule has 2 saturated heterocycles. The molecular formula is C31H40N4O5. The number of nitro benzene ring substituents is 1. The molecule has 1 unspecified atom stereocenters. The third kappa shape index (κ3) is 5.75. The van der Waals surface area contributed by atoms with Gasteiger partial charge in [0.2, 0.25) is 12.7 Å². The summed E-state index contributed by atoms with van der Waals surface area (Å²) in [5, 5.41) is 11.0. The number of carbonyl (C=O) groups is 1. The average molecular weight is 549 g/mol. The van der Waals surface area contributed by atoms with Crippen molar-refractivity contribution in [1.29, 1.82) is 0 Å². The molecule has 3 heterocycles. The van der Waals surface area contributed by atoms with E-state index in [1.165, 1.54) is 31.2 Å². The second kappa shape index (κ2) is 11.6. The maximum atomic E-state index is 14.0. The van der Waals surface area contributed by atoms with Gasteiger partial charge < -0.3 is 24.2 Å². The quantitative estimate of drug-likeness (QED) is 0.369. The van der Waals surface area contributed by atoms with Crippen molar-refractivity contribution >= 4 is 17.3 Å². The minimum Gasteiger partial charge on any atom is -0.454 e. The van der Waals surface area contributed by atoms with Gasteiger partial charge in [-0.1, -0.05) is 25.8 Å². The Balaban J connectivity index is 1.07. The smallest absolute Gasteiger partial charge is 0.269 e. The Morgan fingerprint density at radius 3 is 2.52 bits per heavy atom. The third-order valence-corrected chi connectivity index (χ3v) is 9.36. The van der Waals surface area contributed by atoms with E-state index >= 15 is 0 Å². The number of piperidine rings is 1. The molecule has 2 aromatic rings. The van der Waals surface area contributed by atoms with Crippen LogP contribution in [-0.2, 0) is 11.2 Å². The summed E-state index contributed by atoms with van der Waals surface area (Å²) in [7, 11) is 0. The predicted molar refractivity (Wildman–Crippen MR) is 153 cm³/mol. The molecule has 1 aliphatic carbocycles. The molecule has 0 aromatic heterocycles. The van der Waals surface area contributed by atoms with Crippen molar-refractivity contribution in [3.63, 3.8) is 0 Å². The van der Waals surface area contributed by atoms with Crippen LogP contribution < -0.4 is 14.4 Å². The number of benzene rings is 2. The maximum absolute atomic E-state index is 14.0. The molecule has 6 rings (SSSR count). The van der Waals surface area contributed by atoms with E-state index in [1.54, 1.807) is 12.1 Å². The standard InChI is InChI=1S/C31H40N4O5/c1-22(16-23-6-11-29-30(17-23)40-21-39-29)18-32-19-24-4-2-3-5-27(24)28(20-32)31(36)34-14-12-33(13-15-34)25-7-9-26(10-8-25)35(37)38/h6-11,17,22,24,27-28H,2-5,12-16,18-21H2,1H3/t22?,24-,27-,28-/m1/s1. The molecule has 40 heavy (non-hydrogen) atoms. The lowest BCUT2D eigenvalue weighted by Crippen LogP contribution is -2.57. The van der Waals surface area contributed by atoms with Crippen molar-refractivity contribution in [3.05, 3.63) is 58.1 Å². The first-order valence-corrected chi connectivity index (χ1v) is 14.8. The van der Waals surface area contributed by atoms with Crippen LogP contribution in [0, 0.1) is 33.8 Å². The number of rotatable bonds is 7. The Hall–Kier alpha value is -3.33. The monoisotopic (exact) mass is 548 g/mol. The number of likely N-dealkylation sites (tertiary alicyclic amines) is 1. The van der Waals surface area contributed by atoms with Crippen LogP contribution in [0.1, 0.15) is 38.2 Å². The van der Waals surface area contributed by atoms with Crippen molar-refractivity contribution < 1.29 is 19.2 Å². The van der Waals surface area contributed by atoms with Crippen molar-refractivity contribution in [3.8, 4) is 11.5 Å². The summed E-state index contributed by atoms with van der Waals surface area (Å²) in [5.74, 6) is 3.64. The number of ether oxygens (including phenoxy) is 2. The number of carbonyl (C=O) groups excluding carboxylic acids is 1. The normalized spacial score (nSPS) is 25.4. The molecule has 0 N–H and O–H groups in total. The van der Waals surface area contributed by atoms with E-state index in [1.807, 2.05) is 18.2 Å². The lowest BCUT2D eigenvalue weighted by atomic mass is 9.69. The predicted octanol–water partition coefficient (Wildman–Crippen LogP) is 4.59. The highest BCUT2D eigenvalue weighted by atomic mass is 16.7. The van der Waals surface area contributed by atoms with Gasteiger partial charge in [0.25, 0.3) is 5.69 Å². The molecule has 1 saturated carbocycles. The van der Waals surface area contributed by atoms with Gasteiger partial charge in [0, 0.05) is 63.6 Å². The van der Waals surface area contributed by atoms with Crippen LogP contribution in [0.15, 0.2) is 42.5 Å². The van der Waals surface area contributed by atoms with E-state index in [9.17, 15) is 14.9 Å². The van der Waals surface area contributed by atoms with Crippen LogP contribution >= 0.6 is 0 Å². The van der Waals surface area contributed by atoms with Gasteiger partial charge in [-0.05, 0) is 66.8 Å². The Kier molecular flexibility index (Phi) is 7.82. The minimum atomic E-state index is -0.371. The molecule has 2 aromatic carbocycles. The third-order valence-electron chi connectivity index (χ3n) is 9.36.